The molecule has 65 valence electrons. The molecule has 0 saturated heterocycles. The molecule has 0 aromatic carbocycles. The maximum Gasteiger partial charge on any atom is 0.00961 e. The summed E-state index contributed by atoms with van der Waals surface area (Å²) < 4.78 is 0. The van der Waals surface area contributed by atoms with Gasteiger partial charge in [-0.15, -0.1) is 0 Å². The Balaban J connectivity index is 2.02. The lowest BCUT2D eigenvalue weighted by atomic mass is 9.75. The average Bonchev–Trinajstić information content (AvgIpc) is 2.65. The maximum atomic E-state index is 2.39. The van der Waals surface area contributed by atoms with E-state index in [0.717, 1.165) is 5.92 Å². The van der Waals surface area contributed by atoms with E-state index >= 15 is 0 Å². The van der Waals surface area contributed by atoms with Gasteiger partial charge in [0, 0.05) is 12.3 Å². The molecule has 0 nitrogen and oxygen atoms in total. The molecule has 0 fully saturated rings. The van der Waals surface area contributed by atoms with Gasteiger partial charge >= 0.3 is 0 Å². The molecule has 3 rings (SSSR count). The van der Waals surface area contributed by atoms with E-state index in [2.05, 4.69) is 42.9 Å². The third kappa shape index (κ3) is 1.05. The molecule has 1 radical (unpaired) electrons. The molecule has 0 aliphatic heterocycles. The molecule has 13 heavy (non-hydrogen) atoms. The van der Waals surface area contributed by atoms with Gasteiger partial charge in [0.15, 0.2) is 0 Å². The summed E-state index contributed by atoms with van der Waals surface area (Å²) in [6, 6.07) is 0. The van der Waals surface area contributed by atoms with Crippen molar-refractivity contribution < 1.29 is 0 Å². The first-order valence-corrected chi connectivity index (χ1v) is 5.05. The van der Waals surface area contributed by atoms with Crippen LogP contribution in [0.3, 0.4) is 0 Å². The SMILES string of the molecule is [CH]1C=CC2=C1C1C=CCCC1C=C2. The molecule has 0 aromatic heterocycles. The van der Waals surface area contributed by atoms with Gasteiger partial charge in [0.25, 0.3) is 0 Å². The van der Waals surface area contributed by atoms with E-state index in [4.69, 9.17) is 0 Å². The topological polar surface area (TPSA) is 0 Å². The third-order valence-electron chi connectivity index (χ3n) is 3.24. The Kier molecular flexibility index (Phi) is 1.55. The summed E-state index contributed by atoms with van der Waals surface area (Å²) >= 11 is 0. The second-order valence-electron chi connectivity index (χ2n) is 3.99. The molecule has 0 N–H and O–H groups in total. The van der Waals surface area contributed by atoms with Crippen molar-refractivity contribution in [3.63, 3.8) is 0 Å². The second-order valence-corrected chi connectivity index (χ2v) is 3.99. The minimum Gasteiger partial charge on any atom is -0.0879 e. The Morgan fingerprint density at radius 1 is 1.15 bits per heavy atom. The van der Waals surface area contributed by atoms with Gasteiger partial charge in [0.1, 0.15) is 0 Å². The molecule has 0 aromatic rings. The highest BCUT2D eigenvalue weighted by Crippen LogP contribution is 2.40. The summed E-state index contributed by atoms with van der Waals surface area (Å²) in [4.78, 5) is 0. The normalized spacial score (nSPS) is 35.1. The lowest BCUT2D eigenvalue weighted by molar-refractivity contribution is 0.475. The first-order valence-electron chi connectivity index (χ1n) is 5.05. The standard InChI is InChI=1S/C13H13/c1-2-6-12-10(4-1)8-9-11-5-3-7-13(11)12/h2-3,5-10,12H,1,4H2. The number of hydrogen-bond acceptors (Lipinski definition) is 0. The molecular weight excluding hydrogens is 156 g/mol. The monoisotopic (exact) mass is 169 g/mol. The Morgan fingerprint density at radius 3 is 3.15 bits per heavy atom. The van der Waals surface area contributed by atoms with Gasteiger partial charge in [-0.25, -0.2) is 0 Å². The van der Waals surface area contributed by atoms with Crippen LogP contribution >= 0.6 is 0 Å². The van der Waals surface area contributed by atoms with E-state index < -0.39 is 0 Å². The molecule has 0 bridgehead atoms. The Morgan fingerprint density at radius 2 is 2.15 bits per heavy atom. The predicted molar refractivity (Wildman–Crippen MR) is 55.0 cm³/mol. The molecule has 2 atom stereocenters. The van der Waals surface area contributed by atoms with E-state index in [1.54, 1.807) is 0 Å². The van der Waals surface area contributed by atoms with Crippen LogP contribution in [-0.2, 0) is 0 Å². The third-order valence-corrected chi connectivity index (χ3v) is 3.24. The Labute approximate surface area is 79.3 Å². The van der Waals surface area contributed by atoms with Crippen LogP contribution in [0, 0.1) is 18.3 Å². The van der Waals surface area contributed by atoms with Crippen LogP contribution in [0.25, 0.3) is 0 Å². The molecule has 2 unspecified atom stereocenters. The quantitative estimate of drug-likeness (QED) is 0.488. The molecule has 0 heterocycles. The van der Waals surface area contributed by atoms with Gasteiger partial charge in [-0.1, -0.05) is 36.5 Å². The van der Waals surface area contributed by atoms with Crippen molar-refractivity contribution in [2.24, 2.45) is 11.8 Å². The Hall–Kier alpha value is -1.04. The highest BCUT2D eigenvalue weighted by molar-refractivity contribution is 5.53. The first kappa shape index (κ1) is 7.37. The van der Waals surface area contributed by atoms with Crippen molar-refractivity contribution in [1.29, 1.82) is 0 Å². The lowest BCUT2D eigenvalue weighted by Crippen LogP contribution is -2.18. The molecule has 0 heteroatoms. The molecule has 3 aliphatic carbocycles. The van der Waals surface area contributed by atoms with Gasteiger partial charge < -0.3 is 0 Å². The van der Waals surface area contributed by atoms with Crippen molar-refractivity contribution >= 4 is 0 Å². The van der Waals surface area contributed by atoms with E-state index in [1.807, 2.05) is 0 Å². The second kappa shape index (κ2) is 2.73. The summed E-state index contributed by atoms with van der Waals surface area (Å²) in [5.41, 5.74) is 2.95. The van der Waals surface area contributed by atoms with Crippen LogP contribution in [-0.4, -0.2) is 0 Å². The number of fused-ring (bicyclic) bond motifs is 2. The summed E-state index contributed by atoms with van der Waals surface area (Å²) in [5.74, 6) is 1.43. The van der Waals surface area contributed by atoms with Gasteiger partial charge in [-0.2, -0.15) is 0 Å². The van der Waals surface area contributed by atoms with E-state index in [-0.39, 0.29) is 0 Å². The zero-order valence-electron chi connectivity index (χ0n) is 7.61. The van der Waals surface area contributed by atoms with E-state index in [9.17, 15) is 0 Å². The minimum atomic E-state index is 0.670. The summed E-state index contributed by atoms with van der Waals surface area (Å²) in [6.45, 7) is 0. The molecule has 0 saturated carbocycles. The summed E-state index contributed by atoms with van der Waals surface area (Å²) in [7, 11) is 0. The van der Waals surface area contributed by atoms with Gasteiger partial charge in [-0.05, 0) is 29.9 Å². The fraction of sp³-hybridized carbons (Fsp3) is 0.308. The van der Waals surface area contributed by atoms with Crippen LogP contribution in [0.4, 0.5) is 0 Å². The smallest absolute Gasteiger partial charge is 0.00961 e. The molecule has 0 amide bonds. The molecule has 0 spiro atoms. The van der Waals surface area contributed by atoms with Crippen molar-refractivity contribution in [2.75, 3.05) is 0 Å². The van der Waals surface area contributed by atoms with Crippen LogP contribution in [0.2, 0.25) is 0 Å². The largest absolute Gasteiger partial charge is 0.0879 e. The van der Waals surface area contributed by atoms with Gasteiger partial charge in [0.2, 0.25) is 0 Å². The molecular formula is C13H13. The predicted octanol–water partition coefficient (Wildman–Crippen LogP) is 3.21. The van der Waals surface area contributed by atoms with Crippen LogP contribution in [0.15, 0.2) is 47.6 Å². The van der Waals surface area contributed by atoms with Crippen molar-refractivity contribution in [1.82, 2.24) is 0 Å². The minimum absolute atomic E-state index is 0.670. The van der Waals surface area contributed by atoms with Crippen LogP contribution < -0.4 is 0 Å². The number of hydrogen-bond donors (Lipinski definition) is 0. The lowest BCUT2D eigenvalue weighted by Gasteiger charge is -2.29. The zero-order chi connectivity index (χ0) is 8.67. The fourth-order valence-corrected chi connectivity index (χ4v) is 2.53. The molecule has 3 aliphatic rings. The van der Waals surface area contributed by atoms with E-state index in [1.165, 1.54) is 24.0 Å². The highest BCUT2D eigenvalue weighted by atomic mass is 14.3. The van der Waals surface area contributed by atoms with E-state index in [0.29, 0.717) is 5.92 Å². The Bertz CT molecular complexity index is 339. The van der Waals surface area contributed by atoms with Crippen LogP contribution in [0.1, 0.15) is 12.8 Å². The van der Waals surface area contributed by atoms with Crippen molar-refractivity contribution in [3.8, 4) is 0 Å². The number of allylic oxidation sites excluding steroid dienone is 8. The van der Waals surface area contributed by atoms with Crippen molar-refractivity contribution in [2.45, 2.75) is 12.8 Å². The highest BCUT2D eigenvalue weighted by Gasteiger charge is 2.27. The fourth-order valence-electron chi connectivity index (χ4n) is 2.53. The first-order chi connectivity index (χ1) is 6.45. The maximum absolute atomic E-state index is 2.39. The van der Waals surface area contributed by atoms with Gasteiger partial charge in [-0.3, -0.25) is 0 Å². The van der Waals surface area contributed by atoms with Crippen molar-refractivity contribution in [3.05, 3.63) is 54.0 Å². The summed E-state index contributed by atoms with van der Waals surface area (Å²) in [6.07, 6.45) is 18.6. The van der Waals surface area contributed by atoms with Gasteiger partial charge in [0.05, 0.1) is 0 Å². The average molecular weight is 169 g/mol. The van der Waals surface area contributed by atoms with Crippen LogP contribution in [0.5, 0.6) is 0 Å². The zero-order valence-corrected chi connectivity index (χ0v) is 7.61. The number of rotatable bonds is 0. The summed E-state index contributed by atoms with van der Waals surface area (Å²) in [5, 5.41) is 0.